The second-order valence-corrected chi connectivity index (χ2v) is 5.23. The van der Waals surface area contributed by atoms with Crippen molar-refractivity contribution in [2.24, 2.45) is 0 Å². The third kappa shape index (κ3) is 4.00. The molecule has 0 aliphatic carbocycles. The molecule has 0 unspecified atom stereocenters. The maximum Gasteiger partial charge on any atom is 0.276 e. The monoisotopic (exact) mass is 380 g/mol. The van der Waals surface area contributed by atoms with Crippen LogP contribution in [0.2, 0.25) is 0 Å². The molecule has 138 valence electrons. The van der Waals surface area contributed by atoms with Gasteiger partial charge in [0.2, 0.25) is 0 Å². The highest BCUT2D eigenvalue weighted by molar-refractivity contribution is 6.02. The molecule has 10 heteroatoms. The summed E-state index contributed by atoms with van der Waals surface area (Å²) >= 11 is 0. The molecule has 3 rings (SSSR count). The van der Waals surface area contributed by atoms with Gasteiger partial charge < -0.3 is 10.6 Å². The van der Waals surface area contributed by atoms with Gasteiger partial charge in [-0.15, -0.1) is 10.2 Å². The molecule has 1 aromatic heterocycles. The lowest BCUT2D eigenvalue weighted by molar-refractivity contribution is 0.102. The first kappa shape index (κ1) is 18.2. The Bertz CT molecular complexity index is 1010. The molecule has 1 amide bonds. The Kier molecular flexibility index (Phi) is 4.97. The summed E-state index contributed by atoms with van der Waals surface area (Å²) in [7, 11) is 0. The first-order chi connectivity index (χ1) is 12.8. The van der Waals surface area contributed by atoms with Gasteiger partial charge in [0, 0.05) is 6.07 Å². The Morgan fingerprint density at radius 1 is 0.778 bits per heavy atom. The van der Waals surface area contributed by atoms with Gasteiger partial charge in [-0.05, 0) is 36.4 Å². The molecule has 2 aromatic carbocycles. The zero-order chi connectivity index (χ0) is 19.6. The molecular weight excluding hydrogens is 371 g/mol. The smallest absolute Gasteiger partial charge is 0.276 e. The van der Waals surface area contributed by atoms with E-state index in [4.69, 9.17) is 0 Å². The molecule has 1 heterocycles. The first-order valence-electron chi connectivity index (χ1n) is 7.36. The zero-order valence-electron chi connectivity index (χ0n) is 13.2. The van der Waals surface area contributed by atoms with Gasteiger partial charge in [0.15, 0.2) is 29.0 Å². The number of aromatic nitrogens is 2. The number of nitrogens with zero attached hydrogens (tertiary/aromatic N) is 2. The minimum Gasteiger partial charge on any atom is -0.336 e. The van der Waals surface area contributed by atoms with E-state index in [1.54, 1.807) is 0 Å². The first-order valence-corrected chi connectivity index (χ1v) is 7.36. The number of amides is 1. The summed E-state index contributed by atoms with van der Waals surface area (Å²) < 4.78 is 66.1. The van der Waals surface area contributed by atoms with Crippen LogP contribution in [0.5, 0.6) is 0 Å². The third-order valence-corrected chi connectivity index (χ3v) is 3.37. The van der Waals surface area contributed by atoms with E-state index in [1.165, 1.54) is 12.1 Å². The van der Waals surface area contributed by atoms with Crippen LogP contribution in [0.15, 0.2) is 42.5 Å². The van der Waals surface area contributed by atoms with E-state index < -0.39 is 35.0 Å². The van der Waals surface area contributed by atoms with Crippen molar-refractivity contribution < 1.29 is 26.7 Å². The van der Waals surface area contributed by atoms with E-state index in [0.29, 0.717) is 6.07 Å². The lowest BCUT2D eigenvalue weighted by atomic mass is 10.2. The maximum absolute atomic E-state index is 13.6. The quantitative estimate of drug-likeness (QED) is 0.527. The molecule has 0 saturated carbocycles. The van der Waals surface area contributed by atoms with Crippen molar-refractivity contribution in [3.05, 3.63) is 77.2 Å². The zero-order valence-corrected chi connectivity index (χ0v) is 13.2. The summed E-state index contributed by atoms with van der Waals surface area (Å²) in [5.41, 5.74) is -0.849. The SMILES string of the molecule is O=C(Nc1ccc(F)cc1F)c1ccc(Nc2ccc(F)c(F)c2F)nn1. The predicted molar refractivity (Wildman–Crippen MR) is 85.9 cm³/mol. The van der Waals surface area contributed by atoms with Crippen molar-refractivity contribution in [2.45, 2.75) is 0 Å². The largest absolute Gasteiger partial charge is 0.336 e. The van der Waals surface area contributed by atoms with Gasteiger partial charge in [0.05, 0.1) is 11.4 Å². The number of anilines is 3. The second-order valence-electron chi connectivity index (χ2n) is 5.23. The van der Waals surface area contributed by atoms with Gasteiger partial charge in [-0.25, -0.2) is 22.0 Å². The number of carbonyl (C=O) groups is 1. The Balaban J connectivity index is 1.73. The van der Waals surface area contributed by atoms with E-state index in [2.05, 4.69) is 20.8 Å². The van der Waals surface area contributed by atoms with Crippen molar-refractivity contribution >= 4 is 23.1 Å². The number of nitrogens with one attached hydrogen (secondary N) is 2. The van der Waals surface area contributed by atoms with Crippen molar-refractivity contribution in [1.29, 1.82) is 0 Å². The van der Waals surface area contributed by atoms with Crippen LogP contribution >= 0.6 is 0 Å². The molecule has 0 saturated heterocycles. The molecule has 3 aromatic rings. The number of benzene rings is 2. The summed E-state index contributed by atoms with van der Waals surface area (Å²) in [6.07, 6.45) is 0. The number of carbonyl (C=O) groups excluding carboxylic acids is 1. The molecule has 0 fully saturated rings. The number of halogens is 5. The minimum absolute atomic E-state index is 0.0515. The van der Waals surface area contributed by atoms with Crippen molar-refractivity contribution in [3.8, 4) is 0 Å². The van der Waals surface area contributed by atoms with E-state index in [1.807, 2.05) is 0 Å². The van der Waals surface area contributed by atoms with Crippen LogP contribution in [0.3, 0.4) is 0 Å². The molecule has 5 nitrogen and oxygen atoms in total. The van der Waals surface area contributed by atoms with Gasteiger partial charge in [0.25, 0.3) is 5.91 Å². The summed E-state index contributed by atoms with van der Waals surface area (Å²) in [6.45, 7) is 0. The summed E-state index contributed by atoms with van der Waals surface area (Å²) in [5.74, 6) is -7.07. The highest BCUT2D eigenvalue weighted by Crippen LogP contribution is 2.22. The number of hydrogen-bond donors (Lipinski definition) is 2. The fraction of sp³-hybridized carbons (Fsp3) is 0. The second kappa shape index (κ2) is 7.36. The average molecular weight is 380 g/mol. The van der Waals surface area contributed by atoms with E-state index >= 15 is 0 Å². The van der Waals surface area contributed by atoms with Gasteiger partial charge >= 0.3 is 0 Å². The molecule has 2 N–H and O–H groups in total. The molecule has 27 heavy (non-hydrogen) atoms. The van der Waals surface area contributed by atoms with Crippen LogP contribution in [0.4, 0.5) is 39.1 Å². The lowest BCUT2D eigenvalue weighted by Gasteiger charge is -2.08. The highest BCUT2D eigenvalue weighted by atomic mass is 19.2. The Morgan fingerprint density at radius 3 is 2.19 bits per heavy atom. The van der Waals surface area contributed by atoms with E-state index in [0.717, 1.165) is 24.3 Å². The van der Waals surface area contributed by atoms with Crippen molar-refractivity contribution in [3.63, 3.8) is 0 Å². The van der Waals surface area contributed by atoms with E-state index in [9.17, 15) is 26.7 Å². The molecule has 0 atom stereocenters. The summed E-state index contributed by atoms with van der Waals surface area (Å²) in [4.78, 5) is 12.0. The molecule has 0 bridgehead atoms. The Morgan fingerprint density at radius 2 is 1.52 bits per heavy atom. The number of hydrogen-bond acceptors (Lipinski definition) is 4. The third-order valence-electron chi connectivity index (χ3n) is 3.37. The van der Waals surface area contributed by atoms with Crippen molar-refractivity contribution in [2.75, 3.05) is 10.6 Å². The molecule has 0 aliphatic rings. The maximum atomic E-state index is 13.6. The van der Waals surface area contributed by atoms with Gasteiger partial charge in [-0.2, -0.15) is 0 Å². The van der Waals surface area contributed by atoms with Crippen LogP contribution in [-0.2, 0) is 0 Å². The fourth-order valence-corrected chi connectivity index (χ4v) is 2.06. The lowest BCUT2D eigenvalue weighted by Crippen LogP contribution is -2.15. The van der Waals surface area contributed by atoms with Crippen LogP contribution in [0.25, 0.3) is 0 Å². The highest BCUT2D eigenvalue weighted by Gasteiger charge is 2.15. The van der Waals surface area contributed by atoms with Crippen LogP contribution in [0, 0.1) is 29.1 Å². The average Bonchev–Trinajstić information content (AvgIpc) is 2.65. The molecule has 0 radical (unpaired) electrons. The molecule has 0 aliphatic heterocycles. The van der Waals surface area contributed by atoms with Gasteiger partial charge in [-0.3, -0.25) is 4.79 Å². The van der Waals surface area contributed by atoms with Gasteiger partial charge in [0.1, 0.15) is 11.6 Å². The van der Waals surface area contributed by atoms with Crippen molar-refractivity contribution in [1.82, 2.24) is 10.2 Å². The van der Waals surface area contributed by atoms with Crippen LogP contribution < -0.4 is 10.6 Å². The van der Waals surface area contributed by atoms with Crippen LogP contribution in [0.1, 0.15) is 10.5 Å². The Hall–Kier alpha value is -3.56. The molecule has 0 spiro atoms. The summed E-state index contributed by atoms with van der Waals surface area (Å²) in [6, 6.07) is 6.71. The molecular formula is C17H9F5N4O. The summed E-state index contributed by atoms with van der Waals surface area (Å²) in [5, 5.41) is 11.8. The number of rotatable bonds is 4. The predicted octanol–water partition coefficient (Wildman–Crippen LogP) is 4.17. The standard InChI is InChI=1S/C17H9F5N4O/c18-8-1-3-11(10(20)7-8)24-17(27)13-5-6-14(26-25-13)23-12-4-2-9(19)15(21)16(12)22/h1-7H,(H,23,26)(H,24,27). The fourth-order valence-electron chi connectivity index (χ4n) is 2.06. The Labute approximate surface area is 148 Å². The minimum atomic E-state index is -1.65. The normalized spacial score (nSPS) is 10.6. The van der Waals surface area contributed by atoms with Gasteiger partial charge in [-0.1, -0.05) is 0 Å². The van der Waals surface area contributed by atoms with E-state index in [-0.39, 0.29) is 22.9 Å². The topological polar surface area (TPSA) is 66.9 Å². The van der Waals surface area contributed by atoms with Crippen LogP contribution in [-0.4, -0.2) is 16.1 Å².